The number of benzene rings is 2. The van der Waals surface area contributed by atoms with E-state index in [9.17, 15) is 18.0 Å². The average Bonchev–Trinajstić information content (AvgIpc) is 2.93. The van der Waals surface area contributed by atoms with Crippen molar-refractivity contribution in [1.29, 1.82) is 0 Å². The van der Waals surface area contributed by atoms with E-state index in [1.807, 2.05) is 31.2 Å². The van der Waals surface area contributed by atoms with Crippen LogP contribution in [0.15, 0.2) is 58.2 Å². The molecule has 0 saturated heterocycles. The lowest BCUT2D eigenvalue weighted by Gasteiger charge is -2.20. The number of nitrogens with one attached hydrogen (secondary N) is 2. The number of anilines is 1. The number of sulfonamides is 1. The van der Waals surface area contributed by atoms with Crippen LogP contribution in [0.2, 0.25) is 0 Å². The number of fused-ring (bicyclic) bond motifs is 1. The minimum Gasteiger partial charge on any atom is -0.324 e. The molecule has 1 amide bonds. The lowest BCUT2D eigenvalue weighted by molar-refractivity contribution is -0.116. The Bertz CT molecular complexity index is 1270. The third kappa shape index (κ3) is 5.23. The maximum absolute atomic E-state index is 12.8. The Morgan fingerprint density at radius 1 is 1.00 bits per heavy atom. The van der Waals surface area contributed by atoms with Gasteiger partial charge in [0.1, 0.15) is 6.54 Å². The number of nitrogens with zero attached hydrogens (tertiary/aromatic N) is 2. The first-order valence-corrected chi connectivity index (χ1v) is 11.6. The van der Waals surface area contributed by atoms with E-state index < -0.39 is 21.5 Å². The smallest absolute Gasteiger partial charge is 0.324 e. The van der Waals surface area contributed by atoms with Gasteiger partial charge in [0, 0.05) is 17.8 Å². The molecule has 2 aromatic carbocycles. The van der Waals surface area contributed by atoms with E-state index in [4.69, 9.17) is 0 Å². The first-order valence-electron chi connectivity index (χ1n) is 10.1. The molecular weight excluding hydrogens is 416 g/mol. The predicted molar refractivity (Wildman–Crippen MR) is 122 cm³/mol. The molecular formula is C22H28N4O4S. The number of aryl methyl sites for hydroxylation is 1. The Hall–Kier alpha value is -2.91. The van der Waals surface area contributed by atoms with Crippen molar-refractivity contribution in [3.05, 3.63) is 59.0 Å². The van der Waals surface area contributed by atoms with Gasteiger partial charge in [-0.1, -0.05) is 25.1 Å². The minimum atomic E-state index is -3.73. The molecule has 3 rings (SSSR count). The fraction of sp³-hybridized carbons (Fsp3) is 0.364. The molecule has 8 nitrogen and oxygen atoms in total. The summed E-state index contributed by atoms with van der Waals surface area (Å²) in [5.74, 6) is -0.417. The van der Waals surface area contributed by atoms with Crippen molar-refractivity contribution in [2.24, 2.45) is 0 Å². The van der Waals surface area contributed by atoms with Gasteiger partial charge in [-0.25, -0.2) is 17.9 Å². The summed E-state index contributed by atoms with van der Waals surface area (Å²) < 4.78 is 30.8. The number of carbonyl (C=O) groups excluding carboxylic acids is 1. The Kier molecular flexibility index (Phi) is 6.38. The normalized spacial score (nSPS) is 12.3. The fourth-order valence-electron chi connectivity index (χ4n) is 3.41. The van der Waals surface area contributed by atoms with Crippen LogP contribution < -0.4 is 15.7 Å². The molecule has 0 bridgehead atoms. The summed E-state index contributed by atoms with van der Waals surface area (Å²) in [6.07, 6.45) is 0.796. The maximum Gasteiger partial charge on any atom is 0.329 e. The monoisotopic (exact) mass is 444 g/mol. The zero-order valence-electron chi connectivity index (χ0n) is 18.2. The first-order chi connectivity index (χ1) is 14.5. The maximum atomic E-state index is 12.8. The van der Waals surface area contributed by atoms with Crippen LogP contribution in [0.4, 0.5) is 5.69 Å². The van der Waals surface area contributed by atoms with Crippen molar-refractivity contribution in [2.75, 3.05) is 5.32 Å². The van der Waals surface area contributed by atoms with Gasteiger partial charge in [-0.2, -0.15) is 0 Å². The second-order valence-electron chi connectivity index (χ2n) is 8.44. The van der Waals surface area contributed by atoms with Gasteiger partial charge >= 0.3 is 5.69 Å². The van der Waals surface area contributed by atoms with Crippen molar-refractivity contribution in [1.82, 2.24) is 13.9 Å². The van der Waals surface area contributed by atoms with Gasteiger partial charge < -0.3 is 5.32 Å². The highest BCUT2D eigenvalue weighted by molar-refractivity contribution is 7.89. The van der Waals surface area contributed by atoms with E-state index in [1.54, 1.807) is 37.5 Å². The van der Waals surface area contributed by atoms with Crippen molar-refractivity contribution < 1.29 is 13.2 Å². The molecule has 166 valence electrons. The van der Waals surface area contributed by atoms with E-state index >= 15 is 0 Å². The molecule has 0 saturated carbocycles. The number of carbonyl (C=O) groups is 1. The van der Waals surface area contributed by atoms with Crippen LogP contribution in [-0.2, 0) is 27.9 Å². The lowest BCUT2D eigenvalue weighted by atomic mass is 10.1. The van der Waals surface area contributed by atoms with Gasteiger partial charge in [-0.3, -0.25) is 13.9 Å². The topological polar surface area (TPSA) is 102 Å². The average molecular weight is 445 g/mol. The largest absolute Gasteiger partial charge is 0.329 e. The molecule has 0 atom stereocenters. The number of hydrogen-bond acceptors (Lipinski definition) is 4. The van der Waals surface area contributed by atoms with Crippen molar-refractivity contribution in [2.45, 2.75) is 57.6 Å². The second-order valence-corrected chi connectivity index (χ2v) is 10.1. The summed E-state index contributed by atoms with van der Waals surface area (Å²) in [5, 5.41) is 2.70. The zero-order valence-corrected chi connectivity index (χ0v) is 19.0. The Morgan fingerprint density at radius 3 is 2.26 bits per heavy atom. The summed E-state index contributed by atoms with van der Waals surface area (Å²) in [6.45, 7) is 7.64. The van der Waals surface area contributed by atoms with E-state index in [-0.39, 0.29) is 17.1 Å². The SMILES string of the molecule is CCCn1c(=O)n(CC(=O)Nc2cccc(S(=O)(=O)NC(C)(C)C)c2)c2ccccc21. The molecule has 1 heterocycles. The van der Waals surface area contributed by atoms with Crippen LogP contribution in [0.1, 0.15) is 34.1 Å². The van der Waals surface area contributed by atoms with Crippen LogP contribution in [0.3, 0.4) is 0 Å². The molecule has 31 heavy (non-hydrogen) atoms. The molecule has 1 aromatic heterocycles. The van der Waals surface area contributed by atoms with Gasteiger partial charge in [0.2, 0.25) is 15.9 Å². The van der Waals surface area contributed by atoms with Gasteiger partial charge in [0.25, 0.3) is 0 Å². The summed E-state index contributed by atoms with van der Waals surface area (Å²) in [5.41, 5.74) is 0.924. The third-order valence-corrected chi connectivity index (χ3v) is 6.30. The van der Waals surface area contributed by atoms with Crippen LogP contribution in [0.25, 0.3) is 11.0 Å². The van der Waals surface area contributed by atoms with Crippen LogP contribution >= 0.6 is 0 Å². The predicted octanol–water partition coefficient (Wildman–Crippen LogP) is 2.93. The lowest BCUT2D eigenvalue weighted by Crippen LogP contribution is -2.40. The summed E-state index contributed by atoms with van der Waals surface area (Å²) in [6, 6.07) is 13.4. The molecule has 0 spiro atoms. The van der Waals surface area contributed by atoms with Gasteiger partial charge in [0.05, 0.1) is 15.9 Å². The molecule has 0 unspecified atom stereocenters. The van der Waals surface area contributed by atoms with Crippen molar-refractivity contribution in [3.63, 3.8) is 0 Å². The molecule has 3 aromatic rings. The molecule has 2 N–H and O–H groups in total. The van der Waals surface area contributed by atoms with Gasteiger partial charge in [0.15, 0.2) is 0 Å². The summed E-state index contributed by atoms with van der Waals surface area (Å²) in [7, 11) is -3.73. The molecule has 0 aliphatic heterocycles. The summed E-state index contributed by atoms with van der Waals surface area (Å²) >= 11 is 0. The van der Waals surface area contributed by atoms with Crippen molar-refractivity contribution >= 4 is 32.7 Å². The Morgan fingerprint density at radius 2 is 1.65 bits per heavy atom. The van der Waals surface area contributed by atoms with Gasteiger partial charge in [-0.05, 0) is 57.5 Å². The highest BCUT2D eigenvalue weighted by atomic mass is 32.2. The van der Waals surface area contributed by atoms with Crippen molar-refractivity contribution in [3.8, 4) is 0 Å². The quantitative estimate of drug-likeness (QED) is 0.585. The van der Waals surface area contributed by atoms with E-state index in [2.05, 4.69) is 10.0 Å². The number of imidazole rings is 1. The number of hydrogen-bond donors (Lipinski definition) is 2. The Balaban J connectivity index is 1.84. The third-order valence-electron chi connectivity index (χ3n) is 4.54. The zero-order chi connectivity index (χ0) is 22.8. The molecule has 0 radical (unpaired) electrons. The molecule has 0 aliphatic carbocycles. The number of aromatic nitrogens is 2. The number of amides is 1. The standard InChI is InChI=1S/C22H28N4O4S/c1-5-13-25-18-11-6-7-12-19(18)26(21(25)28)15-20(27)23-16-9-8-10-17(14-16)31(29,30)24-22(2,3)4/h6-12,14,24H,5,13,15H2,1-4H3,(H,23,27). The fourth-order valence-corrected chi connectivity index (χ4v) is 4.88. The van der Waals surface area contributed by atoms with Crippen LogP contribution in [0.5, 0.6) is 0 Å². The summed E-state index contributed by atoms with van der Waals surface area (Å²) in [4.78, 5) is 25.6. The highest BCUT2D eigenvalue weighted by Crippen LogP contribution is 2.18. The van der Waals surface area contributed by atoms with Crippen LogP contribution in [-0.4, -0.2) is 29.0 Å². The van der Waals surface area contributed by atoms with E-state index in [1.165, 1.54) is 16.7 Å². The van der Waals surface area contributed by atoms with Gasteiger partial charge in [-0.15, -0.1) is 0 Å². The second kappa shape index (κ2) is 8.68. The first kappa shape index (κ1) is 22.8. The Labute approximate surface area is 181 Å². The number of para-hydroxylation sites is 2. The van der Waals surface area contributed by atoms with E-state index in [0.717, 1.165) is 11.9 Å². The van der Waals surface area contributed by atoms with Crippen LogP contribution in [0, 0.1) is 0 Å². The molecule has 9 heteroatoms. The molecule has 0 aliphatic rings. The minimum absolute atomic E-state index is 0.0527. The highest BCUT2D eigenvalue weighted by Gasteiger charge is 2.22. The number of rotatable bonds is 7. The van der Waals surface area contributed by atoms with E-state index in [0.29, 0.717) is 17.7 Å². The molecule has 0 fully saturated rings.